The minimum Gasteiger partial charge on any atom is -0.398 e. The summed E-state index contributed by atoms with van der Waals surface area (Å²) in [5.74, 6) is 0.0852. The van der Waals surface area contributed by atoms with E-state index in [0.717, 1.165) is 35.5 Å². The van der Waals surface area contributed by atoms with E-state index in [4.69, 9.17) is 5.73 Å². The van der Waals surface area contributed by atoms with E-state index >= 15 is 0 Å². The Bertz CT molecular complexity index is 421. The topological polar surface area (TPSA) is 55.1 Å². The lowest BCUT2D eigenvalue weighted by Gasteiger charge is -2.13. The molecular weight excluding hydrogens is 256 g/mol. The zero-order valence-electron chi connectivity index (χ0n) is 12.0. The third-order valence-electron chi connectivity index (χ3n) is 2.92. The molecule has 1 unspecified atom stereocenters. The third-order valence-corrected chi connectivity index (χ3v) is 4.10. The fourth-order valence-electron chi connectivity index (χ4n) is 1.72. The van der Waals surface area contributed by atoms with Gasteiger partial charge in [0, 0.05) is 17.1 Å². The summed E-state index contributed by atoms with van der Waals surface area (Å²) >= 11 is 1.52. The number of carbonyl (C=O) groups is 1. The molecular formula is C15H24N2OS. The van der Waals surface area contributed by atoms with E-state index in [1.54, 1.807) is 0 Å². The molecule has 0 aliphatic carbocycles. The summed E-state index contributed by atoms with van der Waals surface area (Å²) in [4.78, 5) is 12.9. The lowest BCUT2D eigenvalue weighted by molar-refractivity contribution is -0.120. The van der Waals surface area contributed by atoms with Crippen LogP contribution in [0.3, 0.4) is 0 Å². The Morgan fingerprint density at radius 2 is 2.16 bits per heavy atom. The quantitative estimate of drug-likeness (QED) is 0.457. The molecule has 0 aliphatic heterocycles. The van der Waals surface area contributed by atoms with E-state index in [2.05, 4.69) is 12.2 Å². The molecule has 106 valence electrons. The summed E-state index contributed by atoms with van der Waals surface area (Å²) in [6, 6.07) is 5.90. The van der Waals surface area contributed by atoms with Gasteiger partial charge in [0.05, 0.1) is 5.25 Å². The zero-order valence-corrected chi connectivity index (χ0v) is 12.8. The van der Waals surface area contributed by atoms with Crippen LogP contribution in [0.25, 0.3) is 0 Å². The number of carbonyl (C=O) groups excluding carboxylic acids is 1. The van der Waals surface area contributed by atoms with E-state index in [0.29, 0.717) is 0 Å². The Hall–Kier alpha value is -1.16. The van der Waals surface area contributed by atoms with Gasteiger partial charge in [-0.05, 0) is 38.0 Å². The minimum absolute atomic E-state index is 0.0852. The standard InChI is InChI=1S/C15H24N2OS/c1-4-5-6-9-17-15(18)12(3)19-14-10-11(2)7-8-13(14)16/h7-8,10,12H,4-6,9,16H2,1-3H3,(H,17,18). The monoisotopic (exact) mass is 280 g/mol. The van der Waals surface area contributed by atoms with Crippen LogP contribution in [0, 0.1) is 6.92 Å². The highest BCUT2D eigenvalue weighted by Crippen LogP contribution is 2.29. The average Bonchev–Trinajstić information content (AvgIpc) is 2.38. The van der Waals surface area contributed by atoms with Crippen molar-refractivity contribution in [3.05, 3.63) is 23.8 Å². The Labute approximate surface area is 120 Å². The van der Waals surface area contributed by atoms with E-state index in [9.17, 15) is 4.79 Å². The molecule has 4 heteroatoms. The summed E-state index contributed by atoms with van der Waals surface area (Å²) in [5.41, 5.74) is 7.82. The van der Waals surface area contributed by atoms with Gasteiger partial charge < -0.3 is 11.1 Å². The summed E-state index contributed by atoms with van der Waals surface area (Å²) < 4.78 is 0. The minimum atomic E-state index is -0.120. The molecule has 1 amide bonds. The Balaban J connectivity index is 2.47. The van der Waals surface area contributed by atoms with Crippen LogP contribution in [0.5, 0.6) is 0 Å². The first-order valence-electron chi connectivity index (χ1n) is 6.85. The molecule has 0 aromatic heterocycles. The van der Waals surface area contributed by atoms with Gasteiger partial charge in [-0.25, -0.2) is 0 Å². The van der Waals surface area contributed by atoms with Gasteiger partial charge in [-0.1, -0.05) is 25.8 Å². The second kappa shape index (κ2) is 8.10. The predicted octanol–water partition coefficient (Wildman–Crippen LogP) is 3.36. The molecule has 0 fully saturated rings. The first kappa shape index (κ1) is 15.9. The van der Waals surface area contributed by atoms with Crippen LogP contribution in [0.4, 0.5) is 5.69 Å². The molecule has 3 nitrogen and oxygen atoms in total. The van der Waals surface area contributed by atoms with Crippen LogP contribution >= 0.6 is 11.8 Å². The smallest absolute Gasteiger partial charge is 0.233 e. The summed E-state index contributed by atoms with van der Waals surface area (Å²) in [6.07, 6.45) is 3.37. The lowest BCUT2D eigenvalue weighted by atomic mass is 10.2. The van der Waals surface area contributed by atoms with Crippen LogP contribution < -0.4 is 11.1 Å². The second-order valence-corrected chi connectivity index (χ2v) is 6.18. The number of anilines is 1. The SMILES string of the molecule is CCCCCNC(=O)C(C)Sc1cc(C)ccc1N. The van der Waals surface area contributed by atoms with Crippen molar-refractivity contribution >= 4 is 23.4 Å². The number of rotatable bonds is 7. The summed E-state index contributed by atoms with van der Waals surface area (Å²) in [6.45, 7) is 6.86. The van der Waals surface area contributed by atoms with Crippen LogP contribution in [0.2, 0.25) is 0 Å². The maximum Gasteiger partial charge on any atom is 0.233 e. The largest absolute Gasteiger partial charge is 0.398 e. The van der Waals surface area contributed by atoms with Gasteiger partial charge in [0.2, 0.25) is 5.91 Å². The third kappa shape index (κ3) is 5.55. The molecule has 0 bridgehead atoms. The van der Waals surface area contributed by atoms with E-state index in [-0.39, 0.29) is 11.2 Å². The van der Waals surface area contributed by atoms with Gasteiger partial charge in [-0.3, -0.25) is 4.79 Å². The highest BCUT2D eigenvalue weighted by molar-refractivity contribution is 8.00. The Kier molecular flexibility index (Phi) is 6.78. The van der Waals surface area contributed by atoms with Crippen LogP contribution in [0.1, 0.15) is 38.7 Å². The number of nitrogen functional groups attached to an aromatic ring is 1. The van der Waals surface area contributed by atoms with Crippen molar-refractivity contribution in [1.29, 1.82) is 0 Å². The molecule has 0 spiro atoms. The number of unbranched alkanes of at least 4 members (excludes halogenated alkanes) is 2. The van der Waals surface area contributed by atoms with Crippen molar-refractivity contribution in [2.75, 3.05) is 12.3 Å². The molecule has 0 saturated carbocycles. The molecule has 3 N–H and O–H groups in total. The number of aryl methyl sites for hydroxylation is 1. The molecule has 0 radical (unpaired) electrons. The average molecular weight is 280 g/mol. The molecule has 19 heavy (non-hydrogen) atoms. The second-order valence-electron chi connectivity index (χ2n) is 4.80. The number of hydrogen-bond donors (Lipinski definition) is 2. The van der Waals surface area contributed by atoms with E-state index in [1.807, 2.05) is 32.0 Å². The number of nitrogens with one attached hydrogen (secondary N) is 1. The van der Waals surface area contributed by atoms with Crippen LogP contribution in [-0.2, 0) is 4.79 Å². The molecule has 1 rings (SSSR count). The van der Waals surface area contributed by atoms with Crippen molar-refractivity contribution in [2.24, 2.45) is 0 Å². The number of hydrogen-bond acceptors (Lipinski definition) is 3. The first-order valence-corrected chi connectivity index (χ1v) is 7.73. The van der Waals surface area contributed by atoms with Crippen molar-refractivity contribution in [1.82, 2.24) is 5.32 Å². The van der Waals surface area contributed by atoms with Crippen molar-refractivity contribution in [3.8, 4) is 0 Å². The van der Waals surface area contributed by atoms with Gasteiger partial charge in [0.25, 0.3) is 0 Å². The number of nitrogens with two attached hydrogens (primary N) is 1. The first-order chi connectivity index (χ1) is 9.04. The lowest BCUT2D eigenvalue weighted by Crippen LogP contribution is -2.31. The van der Waals surface area contributed by atoms with Gasteiger partial charge in [-0.15, -0.1) is 11.8 Å². The van der Waals surface area contributed by atoms with Gasteiger partial charge in [-0.2, -0.15) is 0 Å². The molecule has 0 aliphatic rings. The predicted molar refractivity (Wildman–Crippen MR) is 83.4 cm³/mol. The Morgan fingerprint density at radius 1 is 1.42 bits per heavy atom. The highest BCUT2D eigenvalue weighted by Gasteiger charge is 2.15. The molecule has 1 aromatic rings. The maximum absolute atomic E-state index is 11.9. The molecule has 0 saturated heterocycles. The fourth-order valence-corrected chi connectivity index (χ4v) is 2.75. The zero-order chi connectivity index (χ0) is 14.3. The fraction of sp³-hybridized carbons (Fsp3) is 0.533. The Morgan fingerprint density at radius 3 is 2.84 bits per heavy atom. The highest BCUT2D eigenvalue weighted by atomic mass is 32.2. The number of thioether (sulfide) groups is 1. The van der Waals surface area contributed by atoms with Gasteiger partial charge in [0.1, 0.15) is 0 Å². The molecule has 1 aromatic carbocycles. The van der Waals surface area contributed by atoms with Crippen molar-refractivity contribution in [3.63, 3.8) is 0 Å². The van der Waals surface area contributed by atoms with Crippen LogP contribution in [0.15, 0.2) is 23.1 Å². The molecule has 0 heterocycles. The van der Waals surface area contributed by atoms with Gasteiger partial charge in [0.15, 0.2) is 0 Å². The number of amides is 1. The van der Waals surface area contributed by atoms with Gasteiger partial charge >= 0.3 is 0 Å². The normalized spacial score (nSPS) is 12.2. The van der Waals surface area contributed by atoms with E-state index in [1.165, 1.54) is 18.2 Å². The van der Waals surface area contributed by atoms with Crippen molar-refractivity contribution in [2.45, 2.75) is 50.2 Å². The molecule has 1 atom stereocenters. The summed E-state index contributed by atoms with van der Waals surface area (Å²) in [7, 11) is 0. The summed E-state index contributed by atoms with van der Waals surface area (Å²) in [5, 5.41) is 2.85. The van der Waals surface area contributed by atoms with Crippen LogP contribution in [-0.4, -0.2) is 17.7 Å². The van der Waals surface area contributed by atoms with E-state index < -0.39 is 0 Å². The van der Waals surface area contributed by atoms with Crippen molar-refractivity contribution < 1.29 is 4.79 Å². The maximum atomic E-state index is 11.9. The number of benzene rings is 1.